The number of hydrogen-bond donors (Lipinski definition) is 0. The second-order valence-corrected chi connectivity index (χ2v) is 8.23. The standard InChI is InChI=1S/C18H18S2/c1-2-19-17-11-12-20-18(17)15-9-5-3-7-13(15)14-8-4-6-10-16(14)18/h3-10,17H,2,11-12H2,1H3. The molecule has 1 fully saturated rings. The van der Waals surface area contributed by atoms with Gasteiger partial charge in [0.25, 0.3) is 0 Å². The molecule has 102 valence electrons. The second-order valence-electron chi connectivity index (χ2n) is 5.41. The van der Waals surface area contributed by atoms with Crippen molar-refractivity contribution < 1.29 is 0 Å². The molecule has 1 unspecified atom stereocenters. The number of benzene rings is 2. The molecule has 0 N–H and O–H groups in total. The lowest BCUT2D eigenvalue weighted by Crippen LogP contribution is -2.29. The first kappa shape index (κ1) is 12.8. The van der Waals surface area contributed by atoms with Gasteiger partial charge in [-0.3, -0.25) is 0 Å². The van der Waals surface area contributed by atoms with Gasteiger partial charge in [-0.15, -0.1) is 11.8 Å². The molecule has 20 heavy (non-hydrogen) atoms. The summed E-state index contributed by atoms with van der Waals surface area (Å²) < 4.78 is 0.202. The van der Waals surface area contributed by atoms with Gasteiger partial charge in [0.15, 0.2) is 0 Å². The molecule has 0 nitrogen and oxygen atoms in total. The van der Waals surface area contributed by atoms with E-state index in [9.17, 15) is 0 Å². The van der Waals surface area contributed by atoms with Crippen molar-refractivity contribution in [3.63, 3.8) is 0 Å². The molecule has 2 heteroatoms. The highest BCUT2D eigenvalue weighted by molar-refractivity contribution is 8.05. The summed E-state index contributed by atoms with van der Waals surface area (Å²) in [7, 11) is 0. The summed E-state index contributed by atoms with van der Waals surface area (Å²) in [6.07, 6.45) is 1.33. The van der Waals surface area contributed by atoms with Crippen LogP contribution < -0.4 is 0 Å². The van der Waals surface area contributed by atoms with Crippen molar-refractivity contribution in [2.24, 2.45) is 0 Å². The van der Waals surface area contributed by atoms with Crippen LogP contribution in [0.25, 0.3) is 11.1 Å². The largest absolute Gasteiger partial charge is 0.157 e. The van der Waals surface area contributed by atoms with Gasteiger partial charge in [-0.05, 0) is 40.2 Å². The van der Waals surface area contributed by atoms with Gasteiger partial charge in [-0.25, -0.2) is 0 Å². The zero-order valence-corrected chi connectivity index (χ0v) is 13.3. The molecule has 1 heterocycles. The number of fused-ring (bicyclic) bond motifs is 5. The first-order valence-corrected chi connectivity index (χ1v) is 9.36. The van der Waals surface area contributed by atoms with E-state index in [-0.39, 0.29) is 4.75 Å². The van der Waals surface area contributed by atoms with E-state index in [0.717, 1.165) is 0 Å². The lowest BCUT2D eigenvalue weighted by atomic mass is 9.91. The molecule has 2 aromatic rings. The predicted molar refractivity (Wildman–Crippen MR) is 91.7 cm³/mol. The highest BCUT2D eigenvalue weighted by Crippen LogP contribution is 2.62. The van der Waals surface area contributed by atoms with Crippen LogP contribution in [0, 0.1) is 0 Å². The van der Waals surface area contributed by atoms with Crippen molar-refractivity contribution in [2.75, 3.05) is 11.5 Å². The van der Waals surface area contributed by atoms with Crippen LogP contribution >= 0.6 is 23.5 Å². The third-order valence-electron chi connectivity index (χ3n) is 4.48. The minimum absolute atomic E-state index is 0.202. The monoisotopic (exact) mass is 298 g/mol. The highest BCUT2D eigenvalue weighted by Gasteiger charge is 2.51. The number of rotatable bonds is 2. The molecule has 0 aromatic heterocycles. The van der Waals surface area contributed by atoms with Gasteiger partial charge in [0, 0.05) is 5.25 Å². The molecule has 0 radical (unpaired) electrons. The summed E-state index contributed by atoms with van der Waals surface area (Å²) in [6.45, 7) is 2.29. The van der Waals surface area contributed by atoms with Crippen molar-refractivity contribution in [1.82, 2.24) is 0 Å². The highest BCUT2D eigenvalue weighted by atomic mass is 32.2. The van der Waals surface area contributed by atoms with Crippen LogP contribution in [0.3, 0.4) is 0 Å². The maximum Gasteiger partial charge on any atom is 0.0787 e. The van der Waals surface area contributed by atoms with Crippen molar-refractivity contribution in [3.8, 4) is 11.1 Å². The molecule has 2 aliphatic rings. The lowest BCUT2D eigenvalue weighted by Gasteiger charge is -2.32. The number of thioether (sulfide) groups is 2. The summed E-state index contributed by atoms with van der Waals surface area (Å²) in [5.74, 6) is 2.48. The summed E-state index contributed by atoms with van der Waals surface area (Å²) in [5.41, 5.74) is 6.02. The molecule has 4 rings (SSSR count). The van der Waals surface area contributed by atoms with E-state index >= 15 is 0 Å². The predicted octanol–water partition coefficient (Wildman–Crippen LogP) is 5.17. The number of hydrogen-bond acceptors (Lipinski definition) is 2. The maximum atomic E-state index is 2.36. The fourth-order valence-electron chi connectivity index (χ4n) is 3.76. The molecule has 0 amide bonds. The van der Waals surface area contributed by atoms with Gasteiger partial charge in [0.1, 0.15) is 0 Å². The van der Waals surface area contributed by atoms with Crippen molar-refractivity contribution in [1.29, 1.82) is 0 Å². The van der Waals surface area contributed by atoms with E-state index in [0.29, 0.717) is 5.25 Å². The molecular weight excluding hydrogens is 280 g/mol. The molecule has 2 aromatic carbocycles. The summed E-state index contributed by atoms with van der Waals surface area (Å²) in [4.78, 5) is 0. The van der Waals surface area contributed by atoms with Crippen LogP contribution in [0.4, 0.5) is 0 Å². The van der Waals surface area contributed by atoms with E-state index in [2.05, 4.69) is 79.0 Å². The van der Waals surface area contributed by atoms with Crippen LogP contribution in [0.2, 0.25) is 0 Å². The van der Waals surface area contributed by atoms with Crippen LogP contribution in [0.15, 0.2) is 48.5 Å². The van der Waals surface area contributed by atoms with Crippen LogP contribution in [-0.4, -0.2) is 16.8 Å². The Balaban J connectivity index is 1.99. The smallest absolute Gasteiger partial charge is 0.0787 e. The molecule has 0 saturated carbocycles. The molecule has 1 saturated heterocycles. The minimum Gasteiger partial charge on any atom is -0.157 e. The first-order valence-electron chi connectivity index (χ1n) is 7.33. The first-order chi connectivity index (χ1) is 9.88. The quantitative estimate of drug-likeness (QED) is 0.750. The second kappa shape index (κ2) is 4.85. The zero-order valence-electron chi connectivity index (χ0n) is 11.6. The molecule has 1 aliphatic carbocycles. The normalized spacial score (nSPS) is 21.9. The Morgan fingerprint density at radius 2 is 1.65 bits per heavy atom. The lowest BCUT2D eigenvalue weighted by molar-refractivity contribution is 0.721. The van der Waals surface area contributed by atoms with Gasteiger partial charge in [0.2, 0.25) is 0 Å². The Hall–Kier alpha value is -0.860. The van der Waals surface area contributed by atoms with E-state index < -0.39 is 0 Å². The van der Waals surface area contributed by atoms with Crippen molar-refractivity contribution in [2.45, 2.75) is 23.3 Å². The summed E-state index contributed by atoms with van der Waals surface area (Å²) >= 11 is 4.31. The molecular formula is C18H18S2. The Morgan fingerprint density at radius 3 is 2.25 bits per heavy atom. The minimum atomic E-state index is 0.202. The van der Waals surface area contributed by atoms with Gasteiger partial charge < -0.3 is 0 Å². The van der Waals surface area contributed by atoms with Crippen LogP contribution in [0.1, 0.15) is 24.5 Å². The average molecular weight is 298 g/mol. The third-order valence-corrected chi connectivity index (χ3v) is 7.57. The fraction of sp³-hybridized carbons (Fsp3) is 0.333. The van der Waals surface area contributed by atoms with Crippen molar-refractivity contribution in [3.05, 3.63) is 59.7 Å². The molecule has 1 spiro atoms. The molecule has 1 aliphatic heterocycles. The van der Waals surface area contributed by atoms with Crippen molar-refractivity contribution >= 4 is 23.5 Å². The van der Waals surface area contributed by atoms with Crippen LogP contribution in [-0.2, 0) is 4.75 Å². The Kier molecular flexibility index (Phi) is 3.12. The van der Waals surface area contributed by atoms with E-state index in [4.69, 9.17) is 0 Å². The van der Waals surface area contributed by atoms with Crippen LogP contribution in [0.5, 0.6) is 0 Å². The van der Waals surface area contributed by atoms with Gasteiger partial charge in [-0.2, -0.15) is 11.8 Å². The SMILES string of the molecule is CCSC1CCSC12c1ccccc1-c1ccccc12. The Bertz CT molecular complexity index is 602. The Labute approximate surface area is 129 Å². The maximum absolute atomic E-state index is 2.36. The summed E-state index contributed by atoms with van der Waals surface area (Å²) in [6, 6.07) is 18.1. The fourth-order valence-corrected chi connectivity index (χ4v) is 7.14. The van der Waals surface area contributed by atoms with Gasteiger partial charge in [0.05, 0.1) is 4.75 Å². The topological polar surface area (TPSA) is 0 Å². The zero-order chi connectivity index (χ0) is 13.6. The van der Waals surface area contributed by atoms with E-state index in [1.165, 1.54) is 29.1 Å². The van der Waals surface area contributed by atoms with Gasteiger partial charge >= 0.3 is 0 Å². The van der Waals surface area contributed by atoms with Gasteiger partial charge in [-0.1, -0.05) is 55.5 Å². The van der Waals surface area contributed by atoms with E-state index in [1.807, 2.05) is 0 Å². The average Bonchev–Trinajstić information content (AvgIpc) is 3.04. The molecule has 1 atom stereocenters. The van der Waals surface area contributed by atoms with E-state index in [1.54, 1.807) is 11.1 Å². The molecule has 0 bridgehead atoms. The third kappa shape index (κ3) is 1.58. The Morgan fingerprint density at radius 1 is 1.05 bits per heavy atom. The summed E-state index contributed by atoms with van der Waals surface area (Å²) in [5, 5.41) is 0.710.